The van der Waals surface area contributed by atoms with Gasteiger partial charge in [0.25, 0.3) is 0 Å². The van der Waals surface area contributed by atoms with Crippen molar-refractivity contribution < 1.29 is 4.74 Å². The molecule has 1 N–H and O–H groups in total. The summed E-state index contributed by atoms with van der Waals surface area (Å²) >= 11 is 0. The van der Waals surface area contributed by atoms with Crippen LogP contribution in [-0.2, 0) is 4.74 Å². The highest BCUT2D eigenvalue weighted by Crippen LogP contribution is 2.45. The van der Waals surface area contributed by atoms with E-state index < -0.39 is 0 Å². The number of hydrogen-bond donors (Lipinski definition) is 1. The van der Waals surface area contributed by atoms with Crippen molar-refractivity contribution in [1.29, 1.82) is 0 Å². The molecule has 0 aromatic carbocycles. The standard InChI is InChI=1S/C15H29NO/c1-3-15(10-4-5-11-15)14(16-2)9-8-13-7-6-12-17-13/h13-14,16H,3-12H2,1-2H3. The Labute approximate surface area is 107 Å². The summed E-state index contributed by atoms with van der Waals surface area (Å²) in [6, 6.07) is 0.708. The van der Waals surface area contributed by atoms with E-state index in [-0.39, 0.29) is 0 Å². The fourth-order valence-corrected chi connectivity index (χ4v) is 4.01. The van der Waals surface area contributed by atoms with Gasteiger partial charge in [0.15, 0.2) is 0 Å². The highest BCUT2D eigenvalue weighted by Gasteiger charge is 2.38. The molecule has 1 aliphatic heterocycles. The molecule has 2 aliphatic rings. The summed E-state index contributed by atoms with van der Waals surface area (Å²) < 4.78 is 5.75. The molecule has 1 heterocycles. The number of ether oxygens (including phenoxy) is 1. The zero-order valence-corrected chi connectivity index (χ0v) is 11.6. The third-order valence-corrected chi connectivity index (χ3v) is 5.19. The van der Waals surface area contributed by atoms with E-state index in [2.05, 4.69) is 19.3 Å². The molecule has 2 heteroatoms. The van der Waals surface area contributed by atoms with Crippen LogP contribution in [0.5, 0.6) is 0 Å². The first kappa shape index (κ1) is 13.4. The molecule has 2 nitrogen and oxygen atoms in total. The topological polar surface area (TPSA) is 21.3 Å². The number of hydrogen-bond acceptors (Lipinski definition) is 2. The van der Waals surface area contributed by atoms with E-state index in [1.165, 1.54) is 57.8 Å². The maximum absolute atomic E-state index is 5.75. The van der Waals surface area contributed by atoms with Crippen LogP contribution in [0.15, 0.2) is 0 Å². The second-order valence-electron chi connectivity index (χ2n) is 5.98. The maximum Gasteiger partial charge on any atom is 0.0576 e. The maximum atomic E-state index is 5.75. The van der Waals surface area contributed by atoms with Crippen LogP contribution in [0.2, 0.25) is 0 Å². The SMILES string of the molecule is CCC1(C(CCC2CCCO2)NC)CCCC1. The first-order chi connectivity index (χ1) is 8.30. The Balaban J connectivity index is 1.85. The van der Waals surface area contributed by atoms with Crippen LogP contribution in [0.25, 0.3) is 0 Å². The van der Waals surface area contributed by atoms with E-state index in [0.29, 0.717) is 17.6 Å². The van der Waals surface area contributed by atoms with Crippen LogP contribution in [0.3, 0.4) is 0 Å². The van der Waals surface area contributed by atoms with Gasteiger partial charge in [0.1, 0.15) is 0 Å². The zero-order valence-electron chi connectivity index (χ0n) is 11.6. The normalized spacial score (nSPS) is 29.6. The van der Waals surface area contributed by atoms with Gasteiger partial charge in [-0.05, 0) is 57.4 Å². The van der Waals surface area contributed by atoms with Crippen molar-refractivity contribution in [2.45, 2.75) is 76.9 Å². The first-order valence-corrected chi connectivity index (χ1v) is 7.59. The summed E-state index contributed by atoms with van der Waals surface area (Å²) in [6.45, 7) is 3.37. The van der Waals surface area contributed by atoms with Crippen LogP contribution in [-0.4, -0.2) is 25.8 Å². The minimum Gasteiger partial charge on any atom is -0.378 e. The molecular weight excluding hydrogens is 210 g/mol. The first-order valence-electron chi connectivity index (χ1n) is 7.59. The molecule has 0 spiro atoms. The Morgan fingerprint density at radius 3 is 2.59 bits per heavy atom. The van der Waals surface area contributed by atoms with Gasteiger partial charge in [-0.1, -0.05) is 19.8 Å². The van der Waals surface area contributed by atoms with Crippen molar-refractivity contribution in [1.82, 2.24) is 5.32 Å². The van der Waals surface area contributed by atoms with Gasteiger partial charge in [-0.15, -0.1) is 0 Å². The molecule has 0 bridgehead atoms. The monoisotopic (exact) mass is 239 g/mol. The molecule has 0 amide bonds. The van der Waals surface area contributed by atoms with E-state index in [0.717, 1.165) is 6.61 Å². The Bertz CT molecular complexity index is 217. The van der Waals surface area contributed by atoms with E-state index in [4.69, 9.17) is 4.74 Å². The van der Waals surface area contributed by atoms with E-state index in [9.17, 15) is 0 Å². The van der Waals surface area contributed by atoms with Gasteiger partial charge in [0, 0.05) is 12.6 Å². The van der Waals surface area contributed by atoms with Crippen LogP contribution < -0.4 is 5.32 Å². The van der Waals surface area contributed by atoms with Crippen molar-refractivity contribution in [3.05, 3.63) is 0 Å². The Morgan fingerprint density at radius 2 is 2.06 bits per heavy atom. The summed E-state index contributed by atoms with van der Waals surface area (Å²) in [7, 11) is 2.15. The molecule has 2 rings (SSSR count). The Kier molecular flexibility index (Phi) is 4.87. The summed E-state index contributed by atoms with van der Waals surface area (Å²) in [6.07, 6.45) is 12.7. The predicted molar refractivity (Wildman–Crippen MR) is 72.2 cm³/mol. The Hall–Kier alpha value is -0.0800. The quantitative estimate of drug-likeness (QED) is 0.766. The third kappa shape index (κ3) is 3.03. The van der Waals surface area contributed by atoms with Gasteiger partial charge in [-0.25, -0.2) is 0 Å². The molecule has 2 atom stereocenters. The fraction of sp³-hybridized carbons (Fsp3) is 1.00. The van der Waals surface area contributed by atoms with Crippen molar-refractivity contribution in [3.63, 3.8) is 0 Å². The molecule has 1 saturated carbocycles. The number of nitrogens with one attached hydrogen (secondary N) is 1. The van der Waals surface area contributed by atoms with Crippen LogP contribution in [0.1, 0.15) is 64.7 Å². The average molecular weight is 239 g/mol. The molecule has 0 aromatic heterocycles. The molecule has 0 radical (unpaired) electrons. The van der Waals surface area contributed by atoms with Crippen molar-refractivity contribution in [2.75, 3.05) is 13.7 Å². The predicted octanol–water partition coefficient (Wildman–Crippen LogP) is 3.50. The van der Waals surface area contributed by atoms with Gasteiger partial charge in [0.2, 0.25) is 0 Å². The van der Waals surface area contributed by atoms with E-state index >= 15 is 0 Å². The third-order valence-electron chi connectivity index (χ3n) is 5.19. The summed E-state index contributed by atoms with van der Waals surface area (Å²) in [5, 5.41) is 3.60. The van der Waals surface area contributed by atoms with Crippen LogP contribution in [0, 0.1) is 5.41 Å². The summed E-state index contributed by atoms with van der Waals surface area (Å²) in [5.74, 6) is 0. The summed E-state index contributed by atoms with van der Waals surface area (Å²) in [4.78, 5) is 0. The molecule has 100 valence electrons. The second-order valence-corrected chi connectivity index (χ2v) is 5.98. The molecule has 0 aromatic rings. The molecule has 1 saturated heterocycles. The lowest BCUT2D eigenvalue weighted by Gasteiger charge is -2.37. The Morgan fingerprint density at radius 1 is 1.29 bits per heavy atom. The lowest BCUT2D eigenvalue weighted by molar-refractivity contribution is 0.0890. The van der Waals surface area contributed by atoms with Gasteiger partial charge in [-0.2, -0.15) is 0 Å². The van der Waals surface area contributed by atoms with E-state index in [1.54, 1.807) is 0 Å². The van der Waals surface area contributed by atoms with E-state index in [1.807, 2.05) is 0 Å². The highest BCUT2D eigenvalue weighted by atomic mass is 16.5. The van der Waals surface area contributed by atoms with Crippen molar-refractivity contribution in [2.24, 2.45) is 5.41 Å². The van der Waals surface area contributed by atoms with Gasteiger partial charge in [0.05, 0.1) is 6.10 Å². The molecule has 2 unspecified atom stereocenters. The zero-order chi connectivity index (χ0) is 12.1. The smallest absolute Gasteiger partial charge is 0.0576 e. The van der Waals surface area contributed by atoms with Gasteiger partial charge < -0.3 is 10.1 Å². The minimum atomic E-state index is 0.557. The lowest BCUT2D eigenvalue weighted by atomic mass is 9.74. The molecule has 17 heavy (non-hydrogen) atoms. The van der Waals surface area contributed by atoms with Crippen molar-refractivity contribution in [3.8, 4) is 0 Å². The lowest BCUT2D eigenvalue weighted by Crippen LogP contribution is -2.42. The molecule has 1 aliphatic carbocycles. The molecular formula is C15H29NO. The van der Waals surface area contributed by atoms with Gasteiger partial charge in [-0.3, -0.25) is 0 Å². The minimum absolute atomic E-state index is 0.557. The summed E-state index contributed by atoms with van der Waals surface area (Å²) in [5.41, 5.74) is 0.591. The fourth-order valence-electron chi connectivity index (χ4n) is 4.01. The largest absolute Gasteiger partial charge is 0.378 e. The highest BCUT2D eigenvalue weighted by molar-refractivity contribution is 4.93. The average Bonchev–Trinajstić information content (AvgIpc) is 3.00. The molecule has 2 fully saturated rings. The second kappa shape index (κ2) is 6.19. The van der Waals surface area contributed by atoms with Crippen LogP contribution in [0.4, 0.5) is 0 Å². The van der Waals surface area contributed by atoms with Crippen LogP contribution >= 0.6 is 0 Å². The van der Waals surface area contributed by atoms with Gasteiger partial charge >= 0.3 is 0 Å². The number of rotatable bonds is 6. The van der Waals surface area contributed by atoms with Crippen molar-refractivity contribution >= 4 is 0 Å².